The highest BCUT2D eigenvalue weighted by Gasteiger charge is 2.07. The van der Waals surface area contributed by atoms with Gasteiger partial charge in [-0.05, 0) is 19.4 Å². The number of hydrogen-bond acceptors (Lipinski definition) is 4. The molecule has 0 aliphatic carbocycles. The maximum Gasteiger partial charge on any atom is 0.254 e. The fourth-order valence-corrected chi connectivity index (χ4v) is 2.41. The van der Waals surface area contributed by atoms with Crippen molar-refractivity contribution in [3.63, 3.8) is 0 Å². The summed E-state index contributed by atoms with van der Waals surface area (Å²) in [5.74, 6) is 0.128. The Kier molecular flexibility index (Phi) is 5.16. The fraction of sp³-hybridized carbons (Fsp3) is 0.267. The summed E-state index contributed by atoms with van der Waals surface area (Å²) >= 11 is 1.22. The van der Waals surface area contributed by atoms with Gasteiger partial charge in [0.15, 0.2) is 5.16 Å². The van der Waals surface area contributed by atoms with Crippen molar-refractivity contribution in [3.8, 4) is 0 Å². The number of nitrogens with one attached hydrogen (secondary N) is 2. The van der Waals surface area contributed by atoms with E-state index in [4.69, 9.17) is 0 Å². The second-order valence-electron chi connectivity index (χ2n) is 4.63. The SMILES string of the molecule is Cc1nc(SCC(=O)NCc2ccccc2)[nH]c(=O)c1C. The molecule has 1 amide bonds. The largest absolute Gasteiger partial charge is 0.351 e. The van der Waals surface area contributed by atoms with E-state index in [9.17, 15) is 9.59 Å². The van der Waals surface area contributed by atoms with E-state index in [0.717, 1.165) is 5.56 Å². The number of benzene rings is 1. The van der Waals surface area contributed by atoms with Crippen LogP contribution in [0.5, 0.6) is 0 Å². The molecule has 0 atom stereocenters. The fourth-order valence-electron chi connectivity index (χ4n) is 1.67. The molecular weight excluding hydrogens is 286 g/mol. The molecule has 1 aromatic heterocycles. The zero-order valence-corrected chi connectivity index (χ0v) is 12.8. The smallest absolute Gasteiger partial charge is 0.254 e. The number of H-pyrrole nitrogens is 1. The van der Waals surface area contributed by atoms with Gasteiger partial charge in [-0.3, -0.25) is 9.59 Å². The van der Waals surface area contributed by atoms with Gasteiger partial charge in [-0.1, -0.05) is 42.1 Å². The lowest BCUT2D eigenvalue weighted by Gasteiger charge is -2.06. The topological polar surface area (TPSA) is 74.8 Å². The summed E-state index contributed by atoms with van der Waals surface area (Å²) in [4.78, 5) is 30.3. The lowest BCUT2D eigenvalue weighted by molar-refractivity contribution is -0.118. The van der Waals surface area contributed by atoms with Crippen LogP contribution in [0.3, 0.4) is 0 Å². The van der Waals surface area contributed by atoms with Crippen LogP contribution in [-0.2, 0) is 11.3 Å². The molecule has 2 aromatic rings. The van der Waals surface area contributed by atoms with Gasteiger partial charge in [0, 0.05) is 17.8 Å². The van der Waals surface area contributed by atoms with Crippen molar-refractivity contribution in [2.45, 2.75) is 25.5 Å². The van der Waals surface area contributed by atoms with E-state index < -0.39 is 0 Å². The maximum atomic E-state index is 11.8. The summed E-state index contributed by atoms with van der Waals surface area (Å²) in [5, 5.41) is 3.30. The second kappa shape index (κ2) is 7.08. The van der Waals surface area contributed by atoms with Gasteiger partial charge in [0.1, 0.15) is 0 Å². The third kappa shape index (κ3) is 4.46. The van der Waals surface area contributed by atoms with Gasteiger partial charge >= 0.3 is 0 Å². The van der Waals surface area contributed by atoms with E-state index in [1.165, 1.54) is 11.8 Å². The summed E-state index contributed by atoms with van der Waals surface area (Å²) in [6.45, 7) is 4.00. The van der Waals surface area contributed by atoms with Gasteiger partial charge in [-0.2, -0.15) is 0 Å². The Morgan fingerprint density at radius 1 is 1.29 bits per heavy atom. The molecule has 2 rings (SSSR count). The number of thioether (sulfide) groups is 1. The van der Waals surface area contributed by atoms with Crippen molar-refractivity contribution in [3.05, 3.63) is 57.5 Å². The minimum atomic E-state index is -0.158. The van der Waals surface area contributed by atoms with E-state index in [2.05, 4.69) is 15.3 Å². The first-order valence-electron chi connectivity index (χ1n) is 6.57. The van der Waals surface area contributed by atoms with Crippen LogP contribution in [0, 0.1) is 13.8 Å². The van der Waals surface area contributed by atoms with Crippen LogP contribution < -0.4 is 10.9 Å². The van der Waals surface area contributed by atoms with Gasteiger partial charge in [0.2, 0.25) is 5.91 Å². The Hall–Kier alpha value is -2.08. The van der Waals surface area contributed by atoms with Gasteiger partial charge in [0.25, 0.3) is 5.56 Å². The van der Waals surface area contributed by atoms with Crippen molar-refractivity contribution in [2.24, 2.45) is 0 Å². The second-order valence-corrected chi connectivity index (χ2v) is 5.60. The van der Waals surface area contributed by atoms with Crippen LogP contribution in [0.25, 0.3) is 0 Å². The highest BCUT2D eigenvalue weighted by atomic mass is 32.2. The van der Waals surface area contributed by atoms with E-state index in [0.29, 0.717) is 23.0 Å². The number of aromatic nitrogens is 2. The third-order valence-corrected chi connectivity index (χ3v) is 3.92. The van der Waals surface area contributed by atoms with E-state index in [-0.39, 0.29) is 17.2 Å². The maximum absolute atomic E-state index is 11.8. The van der Waals surface area contributed by atoms with Crippen LogP contribution >= 0.6 is 11.8 Å². The molecule has 0 aliphatic heterocycles. The first-order valence-corrected chi connectivity index (χ1v) is 7.56. The number of nitrogens with zero attached hydrogens (tertiary/aromatic N) is 1. The monoisotopic (exact) mass is 303 g/mol. The molecule has 0 fully saturated rings. The first kappa shape index (κ1) is 15.3. The number of aromatic amines is 1. The predicted molar refractivity (Wildman–Crippen MR) is 83.3 cm³/mol. The van der Waals surface area contributed by atoms with Crippen molar-refractivity contribution >= 4 is 17.7 Å². The Morgan fingerprint density at radius 2 is 2.00 bits per heavy atom. The predicted octanol–water partition coefficient (Wildman–Crippen LogP) is 1.80. The molecule has 1 heterocycles. The van der Waals surface area contributed by atoms with E-state index in [1.807, 2.05) is 30.3 Å². The summed E-state index contributed by atoms with van der Waals surface area (Å²) in [6, 6.07) is 9.70. The van der Waals surface area contributed by atoms with Crippen molar-refractivity contribution in [1.82, 2.24) is 15.3 Å². The standard InChI is InChI=1S/C15H17N3O2S/c1-10-11(2)17-15(18-14(10)20)21-9-13(19)16-8-12-6-4-3-5-7-12/h3-7H,8-9H2,1-2H3,(H,16,19)(H,17,18,20). The quantitative estimate of drug-likeness (QED) is 0.652. The van der Waals surface area contributed by atoms with Gasteiger partial charge in [-0.15, -0.1) is 0 Å². The summed E-state index contributed by atoms with van der Waals surface area (Å²) < 4.78 is 0. The van der Waals surface area contributed by atoms with E-state index >= 15 is 0 Å². The zero-order chi connectivity index (χ0) is 15.2. The molecule has 5 nitrogen and oxygen atoms in total. The Morgan fingerprint density at radius 3 is 2.67 bits per heavy atom. The number of rotatable bonds is 5. The molecule has 1 aromatic carbocycles. The molecule has 0 aliphatic rings. The van der Waals surface area contributed by atoms with Crippen molar-refractivity contribution in [1.29, 1.82) is 0 Å². The van der Waals surface area contributed by atoms with Crippen LogP contribution in [0.4, 0.5) is 0 Å². The number of hydrogen-bond donors (Lipinski definition) is 2. The minimum Gasteiger partial charge on any atom is -0.351 e. The molecule has 21 heavy (non-hydrogen) atoms. The summed E-state index contributed by atoms with van der Waals surface area (Å²) in [7, 11) is 0. The number of aryl methyl sites for hydroxylation is 1. The third-order valence-electron chi connectivity index (χ3n) is 3.05. The average Bonchev–Trinajstić information content (AvgIpc) is 2.49. The molecule has 0 saturated heterocycles. The molecule has 0 radical (unpaired) electrons. The molecule has 110 valence electrons. The lowest BCUT2D eigenvalue weighted by Crippen LogP contribution is -2.25. The minimum absolute atomic E-state index is 0.0928. The summed E-state index contributed by atoms with van der Waals surface area (Å²) in [5.41, 5.74) is 2.18. The highest BCUT2D eigenvalue weighted by Crippen LogP contribution is 2.11. The van der Waals surface area contributed by atoms with Crippen molar-refractivity contribution < 1.29 is 4.79 Å². The van der Waals surface area contributed by atoms with Crippen LogP contribution in [-0.4, -0.2) is 21.6 Å². The number of carbonyl (C=O) groups is 1. The molecule has 0 saturated carbocycles. The van der Waals surface area contributed by atoms with Gasteiger partial charge in [-0.25, -0.2) is 4.98 Å². The molecule has 6 heteroatoms. The lowest BCUT2D eigenvalue weighted by atomic mass is 10.2. The Balaban J connectivity index is 1.85. The average molecular weight is 303 g/mol. The first-order chi connectivity index (χ1) is 10.1. The molecule has 0 spiro atoms. The van der Waals surface area contributed by atoms with E-state index in [1.54, 1.807) is 13.8 Å². The van der Waals surface area contributed by atoms with Crippen LogP contribution in [0.2, 0.25) is 0 Å². The zero-order valence-electron chi connectivity index (χ0n) is 12.0. The Labute approximate surface area is 127 Å². The normalized spacial score (nSPS) is 10.4. The molecule has 0 bridgehead atoms. The Bertz CT molecular complexity index is 683. The molecule has 0 unspecified atom stereocenters. The van der Waals surface area contributed by atoms with Crippen molar-refractivity contribution in [2.75, 3.05) is 5.75 Å². The van der Waals surface area contributed by atoms with Gasteiger partial charge in [0.05, 0.1) is 5.75 Å². The number of carbonyl (C=O) groups excluding carboxylic acids is 1. The summed E-state index contributed by atoms with van der Waals surface area (Å²) in [6.07, 6.45) is 0. The number of amides is 1. The van der Waals surface area contributed by atoms with Crippen LogP contribution in [0.15, 0.2) is 40.3 Å². The molecular formula is C15H17N3O2S. The molecule has 2 N–H and O–H groups in total. The highest BCUT2D eigenvalue weighted by molar-refractivity contribution is 7.99. The van der Waals surface area contributed by atoms with Gasteiger partial charge < -0.3 is 10.3 Å². The van der Waals surface area contributed by atoms with Crippen LogP contribution in [0.1, 0.15) is 16.8 Å².